The van der Waals surface area contributed by atoms with Crippen molar-refractivity contribution in [1.82, 2.24) is 4.98 Å². The number of nitrogens with zero attached hydrogens (tertiary/aromatic N) is 1. The standard InChI is InChI=1S/C8H10N2O4S/c1-3-4(2)15-8(9-3)10-5(6(11)12)7(13)14/h5H,1-2H3,(H,9,10)(H,11,12)(H,13,14). The van der Waals surface area contributed by atoms with Crippen LogP contribution in [0.5, 0.6) is 0 Å². The molecule has 3 N–H and O–H groups in total. The summed E-state index contributed by atoms with van der Waals surface area (Å²) in [4.78, 5) is 26.1. The second-order valence-corrected chi connectivity index (χ2v) is 4.12. The highest BCUT2D eigenvalue weighted by molar-refractivity contribution is 7.15. The molecular weight excluding hydrogens is 220 g/mol. The Hall–Kier alpha value is -1.63. The van der Waals surface area contributed by atoms with Crippen LogP contribution in [-0.4, -0.2) is 33.2 Å². The van der Waals surface area contributed by atoms with Crippen LogP contribution in [0.2, 0.25) is 0 Å². The first-order valence-corrected chi connectivity index (χ1v) is 4.89. The van der Waals surface area contributed by atoms with Gasteiger partial charge in [-0.05, 0) is 13.8 Å². The molecule has 0 atom stereocenters. The number of aliphatic carboxylic acids is 2. The zero-order chi connectivity index (χ0) is 11.6. The van der Waals surface area contributed by atoms with Crippen LogP contribution in [0, 0.1) is 13.8 Å². The number of carbonyl (C=O) groups is 2. The first-order chi connectivity index (χ1) is 6.91. The summed E-state index contributed by atoms with van der Waals surface area (Å²) in [5, 5.41) is 19.9. The molecule has 1 aromatic heterocycles. The van der Waals surface area contributed by atoms with E-state index in [0.29, 0.717) is 5.13 Å². The molecule has 0 radical (unpaired) electrons. The lowest BCUT2D eigenvalue weighted by atomic mass is 10.3. The molecule has 1 heterocycles. The average molecular weight is 230 g/mol. The predicted octanol–water partition coefficient (Wildman–Crippen LogP) is 0.710. The van der Waals surface area contributed by atoms with Gasteiger partial charge in [-0.2, -0.15) is 0 Å². The summed E-state index contributed by atoms with van der Waals surface area (Å²) in [6.07, 6.45) is 0. The third-order valence-corrected chi connectivity index (χ3v) is 2.79. The molecule has 0 aliphatic rings. The predicted molar refractivity (Wildman–Crippen MR) is 54.3 cm³/mol. The zero-order valence-corrected chi connectivity index (χ0v) is 8.96. The van der Waals surface area contributed by atoms with E-state index >= 15 is 0 Å². The number of nitrogens with one attached hydrogen (secondary N) is 1. The van der Waals surface area contributed by atoms with E-state index in [2.05, 4.69) is 10.3 Å². The van der Waals surface area contributed by atoms with Gasteiger partial charge in [0.15, 0.2) is 5.13 Å². The van der Waals surface area contributed by atoms with Gasteiger partial charge < -0.3 is 15.5 Å². The first-order valence-electron chi connectivity index (χ1n) is 4.08. The Morgan fingerprint density at radius 3 is 2.20 bits per heavy atom. The maximum absolute atomic E-state index is 10.6. The number of anilines is 1. The van der Waals surface area contributed by atoms with Gasteiger partial charge in [0, 0.05) is 4.88 Å². The normalized spacial score (nSPS) is 10.3. The number of hydrogen-bond acceptors (Lipinski definition) is 5. The van der Waals surface area contributed by atoms with Crippen LogP contribution in [0.25, 0.3) is 0 Å². The summed E-state index contributed by atoms with van der Waals surface area (Å²) < 4.78 is 0. The molecule has 6 nitrogen and oxygen atoms in total. The van der Waals surface area contributed by atoms with E-state index in [1.165, 1.54) is 11.3 Å². The smallest absolute Gasteiger partial charge is 0.338 e. The van der Waals surface area contributed by atoms with E-state index < -0.39 is 18.0 Å². The third kappa shape index (κ3) is 2.66. The lowest BCUT2D eigenvalue weighted by molar-refractivity contribution is -0.148. The molecule has 0 spiro atoms. The van der Waals surface area contributed by atoms with Gasteiger partial charge in [0.1, 0.15) is 0 Å². The molecule has 0 bridgehead atoms. The van der Waals surface area contributed by atoms with Gasteiger partial charge in [-0.1, -0.05) is 0 Å². The molecule has 15 heavy (non-hydrogen) atoms. The van der Waals surface area contributed by atoms with Crippen molar-refractivity contribution < 1.29 is 19.8 Å². The van der Waals surface area contributed by atoms with Gasteiger partial charge in [0.2, 0.25) is 6.04 Å². The minimum absolute atomic E-state index is 0.305. The van der Waals surface area contributed by atoms with Gasteiger partial charge in [-0.3, -0.25) is 0 Å². The highest BCUT2D eigenvalue weighted by Crippen LogP contribution is 2.21. The highest BCUT2D eigenvalue weighted by atomic mass is 32.1. The zero-order valence-electron chi connectivity index (χ0n) is 8.14. The Labute approximate surface area is 89.6 Å². The quantitative estimate of drug-likeness (QED) is 0.659. The van der Waals surface area contributed by atoms with Crippen molar-refractivity contribution in [1.29, 1.82) is 0 Å². The van der Waals surface area contributed by atoms with Crippen LogP contribution in [0.1, 0.15) is 10.6 Å². The fourth-order valence-electron chi connectivity index (χ4n) is 0.887. The Bertz CT molecular complexity index is 368. The topological polar surface area (TPSA) is 99.5 Å². The summed E-state index contributed by atoms with van der Waals surface area (Å²) in [5.41, 5.74) is 0.761. The number of hydrogen-bond donors (Lipinski definition) is 3. The molecule has 0 saturated heterocycles. The second-order valence-electron chi connectivity index (χ2n) is 2.91. The number of aromatic nitrogens is 1. The van der Waals surface area contributed by atoms with Crippen LogP contribution >= 0.6 is 11.3 Å². The average Bonchev–Trinajstić information content (AvgIpc) is 2.41. The second kappa shape index (κ2) is 4.26. The van der Waals surface area contributed by atoms with E-state index in [1.54, 1.807) is 6.92 Å². The van der Waals surface area contributed by atoms with Crippen LogP contribution in [0.3, 0.4) is 0 Å². The fourth-order valence-corrected chi connectivity index (χ4v) is 1.73. The molecule has 0 amide bonds. The molecular formula is C8H10N2O4S. The van der Waals surface area contributed by atoms with E-state index in [9.17, 15) is 9.59 Å². The van der Waals surface area contributed by atoms with Gasteiger partial charge in [0.25, 0.3) is 0 Å². The lowest BCUT2D eigenvalue weighted by Crippen LogP contribution is -2.37. The molecule has 1 aromatic rings. The third-order valence-electron chi connectivity index (χ3n) is 1.79. The molecule has 7 heteroatoms. The van der Waals surface area contributed by atoms with E-state index in [-0.39, 0.29) is 0 Å². The van der Waals surface area contributed by atoms with Crippen LogP contribution in [0.15, 0.2) is 0 Å². The van der Waals surface area contributed by atoms with Gasteiger partial charge >= 0.3 is 11.9 Å². The van der Waals surface area contributed by atoms with E-state index in [1.807, 2.05) is 6.92 Å². The molecule has 0 unspecified atom stereocenters. The molecule has 0 aliphatic carbocycles. The maximum atomic E-state index is 10.6. The van der Waals surface area contributed by atoms with E-state index in [4.69, 9.17) is 10.2 Å². The summed E-state index contributed by atoms with van der Waals surface area (Å²) >= 11 is 1.23. The van der Waals surface area contributed by atoms with Crippen molar-refractivity contribution >= 4 is 28.4 Å². The fraction of sp³-hybridized carbons (Fsp3) is 0.375. The number of carboxylic acids is 2. The minimum atomic E-state index is -1.66. The van der Waals surface area contributed by atoms with Crippen molar-refractivity contribution in [3.63, 3.8) is 0 Å². The molecule has 0 aromatic carbocycles. The van der Waals surface area contributed by atoms with E-state index in [0.717, 1.165) is 10.6 Å². The minimum Gasteiger partial charge on any atom is -0.479 e. The lowest BCUT2D eigenvalue weighted by Gasteiger charge is -2.07. The summed E-state index contributed by atoms with van der Waals surface area (Å²) in [7, 11) is 0. The molecule has 82 valence electrons. The van der Waals surface area contributed by atoms with Crippen molar-refractivity contribution in [3.8, 4) is 0 Å². The summed E-state index contributed by atoms with van der Waals surface area (Å²) in [5.74, 6) is -2.87. The largest absolute Gasteiger partial charge is 0.479 e. The highest BCUT2D eigenvalue weighted by Gasteiger charge is 2.26. The number of carboxylic acid groups (broad SMARTS) is 2. The number of thiazole rings is 1. The molecule has 0 aliphatic heterocycles. The van der Waals surface area contributed by atoms with Crippen molar-refractivity contribution in [2.45, 2.75) is 19.9 Å². The van der Waals surface area contributed by atoms with Crippen molar-refractivity contribution in [2.24, 2.45) is 0 Å². The number of aryl methyl sites for hydroxylation is 2. The molecule has 0 saturated carbocycles. The summed E-state index contributed by atoms with van der Waals surface area (Å²) in [6, 6.07) is -1.66. The van der Waals surface area contributed by atoms with Crippen molar-refractivity contribution in [3.05, 3.63) is 10.6 Å². The monoisotopic (exact) mass is 230 g/mol. The molecule has 1 rings (SSSR count). The van der Waals surface area contributed by atoms with Crippen LogP contribution in [-0.2, 0) is 9.59 Å². The SMILES string of the molecule is Cc1nc(NC(C(=O)O)C(=O)O)sc1C. The van der Waals surface area contributed by atoms with Crippen molar-refractivity contribution in [2.75, 3.05) is 5.32 Å². The van der Waals surface area contributed by atoms with Gasteiger partial charge in [-0.15, -0.1) is 11.3 Å². The van der Waals surface area contributed by atoms with Gasteiger partial charge in [0.05, 0.1) is 5.69 Å². The van der Waals surface area contributed by atoms with Gasteiger partial charge in [-0.25, -0.2) is 14.6 Å². The van der Waals surface area contributed by atoms with Crippen LogP contribution < -0.4 is 5.32 Å². The van der Waals surface area contributed by atoms with Crippen LogP contribution in [0.4, 0.5) is 5.13 Å². The Morgan fingerprint density at radius 1 is 1.33 bits per heavy atom. The molecule has 0 fully saturated rings. The Balaban J connectivity index is 2.83. The summed E-state index contributed by atoms with van der Waals surface area (Å²) in [6.45, 7) is 3.60. The number of rotatable bonds is 4. The maximum Gasteiger partial charge on any atom is 0.338 e. The Kier molecular flexibility index (Phi) is 3.25. The first kappa shape index (κ1) is 11.4. The Morgan fingerprint density at radius 2 is 1.87 bits per heavy atom.